The second kappa shape index (κ2) is 6.39. The van der Waals surface area contributed by atoms with E-state index >= 15 is 0 Å². The summed E-state index contributed by atoms with van der Waals surface area (Å²) in [6, 6.07) is 2.01. The number of nitrogens with zero attached hydrogens (tertiary/aromatic N) is 1. The molecule has 0 aliphatic carbocycles. The molecule has 0 atom stereocenters. The minimum Gasteiger partial charge on any atom is -0.472 e. The van der Waals surface area contributed by atoms with Gasteiger partial charge in [0.2, 0.25) is 0 Å². The largest absolute Gasteiger partial charge is 0.472 e. The van der Waals surface area contributed by atoms with Crippen molar-refractivity contribution < 1.29 is 4.42 Å². The molecule has 18 heavy (non-hydrogen) atoms. The molecule has 0 unspecified atom stereocenters. The SMILES string of the molecule is CCC1(C)CCN(CCNCc2ccoc2)CC1. The number of hydrogen-bond donors (Lipinski definition) is 1. The Morgan fingerprint density at radius 1 is 1.39 bits per heavy atom. The smallest absolute Gasteiger partial charge is 0.0947 e. The Balaban J connectivity index is 1.58. The Hall–Kier alpha value is -0.800. The predicted molar refractivity (Wildman–Crippen MR) is 74.5 cm³/mol. The summed E-state index contributed by atoms with van der Waals surface area (Å²) in [5, 5.41) is 3.47. The number of piperidine rings is 1. The Labute approximate surface area is 111 Å². The first-order chi connectivity index (χ1) is 8.72. The van der Waals surface area contributed by atoms with Crippen LogP contribution in [0.1, 0.15) is 38.7 Å². The van der Waals surface area contributed by atoms with E-state index in [-0.39, 0.29) is 0 Å². The molecule has 0 bridgehead atoms. The van der Waals surface area contributed by atoms with Crippen LogP contribution in [-0.2, 0) is 6.54 Å². The molecule has 2 rings (SSSR count). The number of rotatable bonds is 6. The molecule has 0 saturated carbocycles. The molecule has 1 aliphatic heterocycles. The molecule has 0 amide bonds. The highest BCUT2D eigenvalue weighted by Crippen LogP contribution is 2.33. The highest BCUT2D eigenvalue weighted by molar-refractivity contribution is 5.04. The minimum absolute atomic E-state index is 0.598. The van der Waals surface area contributed by atoms with Crippen LogP contribution in [0.4, 0.5) is 0 Å². The number of hydrogen-bond acceptors (Lipinski definition) is 3. The molecule has 0 radical (unpaired) electrons. The van der Waals surface area contributed by atoms with E-state index in [1.165, 1.54) is 37.9 Å². The lowest BCUT2D eigenvalue weighted by Crippen LogP contribution is -2.41. The van der Waals surface area contributed by atoms with Crippen molar-refractivity contribution in [3.8, 4) is 0 Å². The quantitative estimate of drug-likeness (QED) is 0.787. The summed E-state index contributed by atoms with van der Waals surface area (Å²) in [5.74, 6) is 0. The van der Waals surface area contributed by atoms with Crippen molar-refractivity contribution in [3.63, 3.8) is 0 Å². The van der Waals surface area contributed by atoms with Gasteiger partial charge < -0.3 is 14.6 Å². The van der Waals surface area contributed by atoms with Crippen LogP contribution in [0.25, 0.3) is 0 Å². The molecule has 1 saturated heterocycles. The van der Waals surface area contributed by atoms with E-state index in [0.29, 0.717) is 5.41 Å². The first-order valence-corrected chi connectivity index (χ1v) is 7.16. The van der Waals surface area contributed by atoms with Crippen molar-refractivity contribution in [2.75, 3.05) is 26.2 Å². The van der Waals surface area contributed by atoms with E-state index in [1.807, 2.05) is 6.07 Å². The molecule has 1 N–H and O–H groups in total. The maximum Gasteiger partial charge on any atom is 0.0947 e. The van der Waals surface area contributed by atoms with Gasteiger partial charge in [0.25, 0.3) is 0 Å². The summed E-state index contributed by atoms with van der Waals surface area (Å²) >= 11 is 0. The molecule has 102 valence electrons. The fraction of sp³-hybridized carbons (Fsp3) is 0.733. The molecule has 3 heteroatoms. The highest BCUT2D eigenvalue weighted by Gasteiger charge is 2.27. The lowest BCUT2D eigenvalue weighted by molar-refractivity contribution is 0.115. The zero-order chi connectivity index (χ0) is 12.8. The summed E-state index contributed by atoms with van der Waals surface area (Å²) in [6.45, 7) is 10.4. The molecule has 0 aromatic carbocycles. The molecular weight excluding hydrogens is 224 g/mol. The zero-order valence-electron chi connectivity index (χ0n) is 11.7. The topological polar surface area (TPSA) is 28.4 Å². The Kier molecular flexibility index (Phi) is 4.84. The van der Waals surface area contributed by atoms with E-state index in [2.05, 4.69) is 24.1 Å². The van der Waals surface area contributed by atoms with E-state index < -0.39 is 0 Å². The van der Waals surface area contributed by atoms with Gasteiger partial charge in [0.1, 0.15) is 0 Å². The van der Waals surface area contributed by atoms with Crippen LogP contribution < -0.4 is 5.32 Å². The standard InChI is InChI=1S/C15H26N2O/c1-3-15(2)5-8-17(9-6-15)10-7-16-12-14-4-11-18-13-14/h4,11,13,16H,3,5-10,12H2,1-2H3. The lowest BCUT2D eigenvalue weighted by Gasteiger charge is -2.38. The van der Waals surface area contributed by atoms with Gasteiger partial charge in [-0.2, -0.15) is 0 Å². The van der Waals surface area contributed by atoms with Crippen molar-refractivity contribution in [2.45, 2.75) is 39.7 Å². The predicted octanol–water partition coefficient (Wildman–Crippen LogP) is 2.88. The first kappa shape index (κ1) is 13.6. The molecule has 0 spiro atoms. The van der Waals surface area contributed by atoms with Gasteiger partial charge in [-0.05, 0) is 37.4 Å². The van der Waals surface area contributed by atoms with Crippen molar-refractivity contribution in [1.29, 1.82) is 0 Å². The second-order valence-corrected chi connectivity index (χ2v) is 5.81. The summed E-state index contributed by atoms with van der Waals surface area (Å²) in [7, 11) is 0. The van der Waals surface area contributed by atoms with Crippen LogP contribution in [0.15, 0.2) is 23.0 Å². The third-order valence-corrected chi connectivity index (χ3v) is 4.43. The van der Waals surface area contributed by atoms with Crippen molar-refractivity contribution in [2.24, 2.45) is 5.41 Å². The number of nitrogens with one attached hydrogen (secondary N) is 1. The van der Waals surface area contributed by atoms with Crippen LogP contribution in [-0.4, -0.2) is 31.1 Å². The van der Waals surface area contributed by atoms with Gasteiger partial charge >= 0.3 is 0 Å². The number of furan rings is 1. The van der Waals surface area contributed by atoms with Crippen LogP contribution >= 0.6 is 0 Å². The van der Waals surface area contributed by atoms with Crippen LogP contribution in [0.2, 0.25) is 0 Å². The summed E-state index contributed by atoms with van der Waals surface area (Å²) < 4.78 is 5.05. The number of likely N-dealkylation sites (tertiary alicyclic amines) is 1. The van der Waals surface area contributed by atoms with Gasteiger partial charge in [-0.15, -0.1) is 0 Å². The van der Waals surface area contributed by atoms with Crippen LogP contribution in [0.5, 0.6) is 0 Å². The monoisotopic (exact) mass is 250 g/mol. The van der Waals surface area contributed by atoms with Gasteiger partial charge in [-0.25, -0.2) is 0 Å². The van der Waals surface area contributed by atoms with Crippen LogP contribution in [0.3, 0.4) is 0 Å². The average Bonchev–Trinajstić information content (AvgIpc) is 2.90. The van der Waals surface area contributed by atoms with E-state index in [4.69, 9.17) is 4.42 Å². The van der Waals surface area contributed by atoms with Crippen molar-refractivity contribution >= 4 is 0 Å². The van der Waals surface area contributed by atoms with E-state index in [9.17, 15) is 0 Å². The molecule has 1 aromatic rings. The summed E-state index contributed by atoms with van der Waals surface area (Å²) in [6.07, 6.45) is 7.56. The lowest BCUT2D eigenvalue weighted by atomic mass is 9.78. The highest BCUT2D eigenvalue weighted by atomic mass is 16.3. The molecule has 1 aliphatic rings. The summed E-state index contributed by atoms with van der Waals surface area (Å²) in [4.78, 5) is 2.58. The van der Waals surface area contributed by atoms with Gasteiger partial charge in [0.05, 0.1) is 12.5 Å². The molecule has 1 aromatic heterocycles. The van der Waals surface area contributed by atoms with Gasteiger partial charge in [0.15, 0.2) is 0 Å². The van der Waals surface area contributed by atoms with E-state index in [1.54, 1.807) is 12.5 Å². The normalized spacial score (nSPS) is 20.1. The Morgan fingerprint density at radius 2 is 2.17 bits per heavy atom. The maximum atomic E-state index is 5.05. The van der Waals surface area contributed by atoms with Gasteiger partial charge in [-0.1, -0.05) is 20.3 Å². The second-order valence-electron chi connectivity index (χ2n) is 5.81. The van der Waals surface area contributed by atoms with Gasteiger partial charge in [-0.3, -0.25) is 0 Å². The fourth-order valence-electron chi connectivity index (χ4n) is 2.53. The van der Waals surface area contributed by atoms with Crippen molar-refractivity contribution in [1.82, 2.24) is 10.2 Å². The minimum atomic E-state index is 0.598. The third kappa shape index (κ3) is 3.85. The Bertz CT molecular complexity index is 326. The maximum absolute atomic E-state index is 5.05. The molecule has 1 fully saturated rings. The fourth-order valence-corrected chi connectivity index (χ4v) is 2.53. The van der Waals surface area contributed by atoms with Gasteiger partial charge in [0, 0.05) is 25.2 Å². The zero-order valence-corrected chi connectivity index (χ0v) is 11.7. The van der Waals surface area contributed by atoms with E-state index in [0.717, 1.165) is 19.6 Å². The summed E-state index contributed by atoms with van der Waals surface area (Å²) in [5.41, 5.74) is 1.83. The Morgan fingerprint density at radius 3 is 2.78 bits per heavy atom. The molecule has 2 heterocycles. The average molecular weight is 250 g/mol. The molecule has 3 nitrogen and oxygen atoms in total. The third-order valence-electron chi connectivity index (χ3n) is 4.43. The van der Waals surface area contributed by atoms with Crippen LogP contribution in [0, 0.1) is 5.41 Å². The molecular formula is C15H26N2O. The van der Waals surface area contributed by atoms with Crippen molar-refractivity contribution in [3.05, 3.63) is 24.2 Å². The first-order valence-electron chi connectivity index (χ1n) is 7.16.